The molecule has 1 saturated heterocycles. The second kappa shape index (κ2) is 7.23. The van der Waals surface area contributed by atoms with Crippen molar-refractivity contribution in [3.8, 4) is 5.75 Å². The maximum absolute atomic E-state index is 10.6. The summed E-state index contributed by atoms with van der Waals surface area (Å²) in [7, 11) is 0. The second-order valence-corrected chi connectivity index (χ2v) is 4.47. The molecule has 6 heteroatoms. The zero-order valence-electron chi connectivity index (χ0n) is 11.0. The second-order valence-electron chi connectivity index (χ2n) is 4.47. The smallest absolute Gasteiger partial charge is 0.337 e. The van der Waals surface area contributed by atoms with Gasteiger partial charge in [-0.1, -0.05) is 12.1 Å². The molecule has 0 amide bonds. The van der Waals surface area contributed by atoms with E-state index in [0.717, 1.165) is 19.4 Å². The molecule has 0 spiro atoms. The first-order chi connectivity index (χ1) is 9.66. The fraction of sp³-hybridized carbons (Fsp3) is 0.500. The average Bonchev–Trinajstić information content (AvgIpc) is 2.96. The number of carbonyl (C=O) groups is 1. The van der Waals surface area contributed by atoms with Crippen LogP contribution in [0.2, 0.25) is 0 Å². The number of hydrogen-bond acceptors (Lipinski definition) is 5. The van der Waals surface area contributed by atoms with Crippen LogP contribution in [0.1, 0.15) is 24.5 Å². The standard InChI is InChI=1S/C14H18O6/c15-13(14(16)17)10-3-5-11(6-4-10)18-8-9-20-12-2-1-7-19-12/h3-6,12-13,15H,1-2,7-9H2,(H,16,17). The summed E-state index contributed by atoms with van der Waals surface area (Å²) in [6, 6.07) is 6.28. The van der Waals surface area contributed by atoms with Gasteiger partial charge in [-0.2, -0.15) is 0 Å². The molecule has 2 unspecified atom stereocenters. The highest BCUT2D eigenvalue weighted by atomic mass is 16.7. The van der Waals surface area contributed by atoms with E-state index in [0.29, 0.717) is 24.5 Å². The highest BCUT2D eigenvalue weighted by Gasteiger charge is 2.16. The van der Waals surface area contributed by atoms with E-state index in [1.165, 1.54) is 12.1 Å². The van der Waals surface area contributed by atoms with Crippen LogP contribution in [-0.4, -0.2) is 42.3 Å². The molecule has 1 aliphatic rings. The van der Waals surface area contributed by atoms with Crippen LogP contribution in [0.15, 0.2) is 24.3 Å². The van der Waals surface area contributed by atoms with Crippen LogP contribution in [-0.2, 0) is 14.3 Å². The number of benzene rings is 1. The van der Waals surface area contributed by atoms with Gasteiger partial charge in [0, 0.05) is 13.0 Å². The van der Waals surface area contributed by atoms with E-state index in [2.05, 4.69) is 0 Å². The SMILES string of the molecule is O=C(O)C(O)c1ccc(OCCOC2CCCO2)cc1. The van der Waals surface area contributed by atoms with Gasteiger partial charge in [-0.25, -0.2) is 4.79 Å². The molecular weight excluding hydrogens is 264 g/mol. The molecule has 1 aromatic carbocycles. The minimum absolute atomic E-state index is 0.119. The molecule has 2 rings (SSSR count). The van der Waals surface area contributed by atoms with Gasteiger partial charge in [0.15, 0.2) is 12.4 Å². The van der Waals surface area contributed by atoms with Gasteiger partial charge in [-0.15, -0.1) is 0 Å². The Morgan fingerprint density at radius 2 is 2.10 bits per heavy atom. The number of hydrogen-bond donors (Lipinski definition) is 2. The van der Waals surface area contributed by atoms with E-state index in [-0.39, 0.29) is 6.29 Å². The Balaban J connectivity index is 1.71. The molecule has 20 heavy (non-hydrogen) atoms. The van der Waals surface area contributed by atoms with Gasteiger partial charge in [0.2, 0.25) is 0 Å². The van der Waals surface area contributed by atoms with Gasteiger partial charge in [0.05, 0.1) is 6.61 Å². The normalized spacial score (nSPS) is 19.8. The Hall–Kier alpha value is -1.63. The van der Waals surface area contributed by atoms with Crippen molar-refractivity contribution in [2.75, 3.05) is 19.8 Å². The fourth-order valence-corrected chi connectivity index (χ4v) is 1.91. The first-order valence-corrected chi connectivity index (χ1v) is 6.53. The lowest BCUT2D eigenvalue weighted by Crippen LogP contribution is -2.15. The topological polar surface area (TPSA) is 85.2 Å². The van der Waals surface area contributed by atoms with Crippen LogP contribution in [0.5, 0.6) is 5.75 Å². The zero-order chi connectivity index (χ0) is 14.4. The average molecular weight is 282 g/mol. The van der Waals surface area contributed by atoms with Gasteiger partial charge in [0.25, 0.3) is 0 Å². The summed E-state index contributed by atoms with van der Waals surface area (Å²) in [5.41, 5.74) is 0.320. The lowest BCUT2D eigenvalue weighted by molar-refractivity contribution is -0.146. The van der Waals surface area contributed by atoms with Crippen molar-refractivity contribution >= 4 is 5.97 Å². The predicted octanol–water partition coefficient (Wildman–Crippen LogP) is 1.34. The van der Waals surface area contributed by atoms with Crippen molar-refractivity contribution in [1.29, 1.82) is 0 Å². The maximum atomic E-state index is 10.6. The van der Waals surface area contributed by atoms with Crippen molar-refractivity contribution < 1.29 is 29.2 Å². The minimum Gasteiger partial charge on any atom is -0.491 e. The Labute approximate surface area is 116 Å². The van der Waals surface area contributed by atoms with E-state index < -0.39 is 12.1 Å². The van der Waals surface area contributed by atoms with Gasteiger partial charge in [0.1, 0.15) is 12.4 Å². The highest BCUT2D eigenvalue weighted by Crippen LogP contribution is 2.18. The largest absolute Gasteiger partial charge is 0.491 e. The van der Waals surface area contributed by atoms with E-state index in [1.807, 2.05) is 0 Å². The first kappa shape index (κ1) is 14.8. The zero-order valence-corrected chi connectivity index (χ0v) is 11.0. The Bertz CT molecular complexity index is 424. The number of carboxylic acid groups (broad SMARTS) is 1. The summed E-state index contributed by atoms with van der Waals surface area (Å²) in [4.78, 5) is 10.6. The summed E-state index contributed by atoms with van der Waals surface area (Å²) in [6.07, 6.45) is 0.319. The molecule has 6 nitrogen and oxygen atoms in total. The fourth-order valence-electron chi connectivity index (χ4n) is 1.91. The molecule has 2 N–H and O–H groups in total. The Morgan fingerprint density at radius 3 is 2.70 bits per heavy atom. The number of ether oxygens (including phenoxy) is 3. The molecule has 2 atom stereocenters. The molecule has 0 aromatic heterocycles. The summed E-state index contributed by atoms with van der Waals surface area (Å²) < 4.78 is 16.2. The molecular formula is C14H18O6. The molecule has 1 aromatic rings. The van der Waals surface area contributed by atoms with Crippen LogP contribution in [0, 0.1) is 0 Å². The third-order valence-electron chi connectivity index (χ3n) is 2.97. The third kappa shape index (κ3) is 4.19. The lowest BCUT2D eigenvalue weighted by atomic mass is 10.1. The Kier molecular flexibility index (Phi) is 5.34. The first-order valence-electron chi connectivity index (χ1n) is 6.53. The van der Waals surface area contributed by atoms with Crippen LogP contribution in [0.4, 0.5) is 0 Å². The van der Waals surface area contributed by atoms with Crippen molar-refractivity contribution in [3.63, 3.8) is 0 Å². The lowest BCUT2D eigenvalue weighted by Gasteiger charge is -2.12. The van der Waals surface area contributed by atoms with Crippen LogP contribution < -0.4 is 4.74 Å². The van der Waals surface area contributed by atoms with E-state index in [4.69, 9.17) is 19.3 Å². The summed E-state index contributed by atoms with van der Waals surface area (Å²) >= 11 is 0. The number of aliphatic carboxylic acids is 1. The molecule has 0 aliphatic carbocycles. The van der Waals surface area contributed by atoms with Crippen LogP contribution in [0.3, 0.4) is 0 Å². The van der Waals surface area contributed by atoms with Crippen molar-refractivity contribution in [3.05, 3.63) is 29.8 Å². The van der Waals surface area contributed by atoms with Crippen molar-refractivity contribution in [1.82, 2.24) is 0 Å². The summed E-state index contributed by atoms with van der Waals surface area (Å²) in [6.45, 7) is 1.57. The number of aliphatic hydroxyl groups is 1. The summed E-state index contributed by atoms with van der Waals surface area (Å²) in [5, 5.41) is 18.0. The molecule has 1 heterocycles. The predicted molar refractivity (Wildman–Crippen MR) is 69.5 cm³/mol. The molecule has 1 fully saturated rings. The van der Waals surface area contributed by atoms with E-state index >= 15 is 0 Å². The quantitative estimate of drug-likeness (QED) is 0.734. The number of aliphatic hydroxyl groups excluding tert-OH is 1. The monoisotopic (exact) mass is 282 g/mol. The number of rotatable bonds is 7. The number of carboxylic acids is 1. The molecule has 110 valence electrons. The molecule has 0 bridgehead atoms. The van der Waals surface area contributed by atoms with Crippen molar-refractivity contribution in [2.24, 2.45) is 0 Å². The third-order valence-corrected chi connectivity index (χ3v) is 2.97. The molecule has 0 radical (unpaired) electrons. The Morgan fingerprint density at radius 1 is 1.35 bits per heavy atom. The van der Waals surface area contributed by atoms with Gasteiger partial charge in [-0.05, 0) is 24.1 Å². The van der Waals surface area contributed by atoms with Crippen LogP contribution in [0.25, 0.3) is 0 Å². The van der Waals surface area contributed by atoms with Gasteiger partial charge >= 0.3 is 5.97 Å². The summed E-state index contributed by atoms with van der Waals surface area (Å²) in [5.74, 6) is -0.675. The maximum Gasteiger partial charge on any atom is 0.337 e. The highest BCUT2D eigenvalue weighted by molar-refractivity contribution is 5.74. The minimum atomic E-state index is -1.51. The van der Waals surface area contributed by atoms with E-state index in [1.54, 1.807) is 12.1 Å². The van der Waals surface area contributed by atoms with Crippen molar-refractivity contribution in [2.45, 2.75) is 25.2 Å². The van der Waals surface area contributed by atoms with Gasteiger partial charge < -0.3 is 24.4 Å². The van der Waals surface area contributed by atoms with Crippen LogP contribution >= 0.6 is 0 Å². The van der Waals surface area contributed by atoms with Gasteiger partial charge in [-0.3, -0.25) is 0 Å². The molecule has 0 saturated carbocycles. The molecule has 1 aliphatic heterocycles. The van der Waals surface area contributed by atoms with E-state index in [9.17, 15) is 9.90 Å².